The number of hydrogen-bond donors (Lipinski definition) is 3. The molecule has 0 amide bonds. The Morgan fingerprint density at radius 1 is 1.07 bits per heavy atom. The average Bonchev–Trinajstić information content (AvgIpc) is 3.54. The molecular weight excluding hydrogens is 549 g/mol. The molecule has 6 rings (SSSR count). The van der Waals surface area contributed by atoms with Gasteiger partial charge in [0.05, 0.1) is 36.1 Å². The van der Waals surface area contributed by atoms with Gasteiger partial charge in [0.2, 0.25) is 0 Å². The first kappa shape index (κ1) is 27.8. The molecule has 2 aromatic heterocycles. The van der Waals surface area contributed by atoms with Crippen molar-refractivity contribution in [1.82, 2.24) is 45.6 Å². The van der Waals surface area contributed by atoms with Crippen LogP contribution in [-0.4, -0.2) is 68.4 Å². The number of hydrogen-bond acceptors (Lipinski definition) is 8. The fourth-order valence-electron chi connectivity index (χ4n) is 6.84. The van der Waals surface area contributed by atoms with Crippen LogP contribution in [0.25, 0.3) is 16.9 Å². The van der Waals surface area contributed by atoms with E-state index in [2.05, 4.69) is 45.4 Å². The van der Waals surface area contributed by atoms with Gasteiger partial charge in [0.1, 0.15) is 0 Å². The Morgan fingerprint density at radius 3 is 2.75 bits per heavy atom. The zero-order chi connectivity index (χ0) is 27.8. The van der Waals surface area contributed by atoms with Crippen molar-refractivity contribution in [3.63, 3.8) is 0 Å². The molecule has 214 valence electrons. The molecule has 0 spiro atoms. The molecule has 3 aromatic rings. The Labute approximate surface area is 244 Å². The Bertz CT molecular complexity index is 1390. The minimum absolute atomic E-state index is 0.0370. The van der Waals surface area contributed by atoms with E-state index in [1.54, 1.807) is 35.4 Å². The molecule has 5 heterocycles. The minimum atomic E-state index is -0.0663. The molecule has 2 bridgehead atoms. The first-order valence-electron chi connectivity index (χ1n) is 14.3. The summed E-state index contributed by atoms with van der Waals surface area (Å²) < 4.78 is 3.42. The van der Waals surface area contributed by atoms with Gasteiger partial charge in [-0.15, -0.1) is 5.10 Å². The third-order valence-corrected chi connectivity index (χ3v) is 9.37. The maximum Gasteiger partial charge on any atom is 0.254 e. The summed E-state index contributed by atoms with van der Waals surface area (Å²) in [6, 6.07) is 7.25. The summed E-state index contributed by atoms with van der Waals surface area (Å²) in [6.07, 6.45) is 8.95. The van der Waals surface area contributed by atoms with E-state index < -0.39 is 0 Å². The van der Waals surface area contributed by atoms with Gasteiger partial charge in [-0.1, -0.05) is 41.8 Å². The van der Waals surface area contributed by atoms with Crippen molar-refractivity contribution >= 4 is 23.2 Å². The van der Waals surface area contributed by atoms with Crippen molar-refractivity contribution in [2.45, 2.75) is 57.3 Å². The zero-order valence-electron chi connectivity index (χ0n) is 22.9. The van der Waals surface area contributed by atoms with Crippen LogP contribution in [-0.2, 0) is 0 Å². The van der Waals surface area contributed by atoms with E-state index in [1.807, 2.05) is 10.6 Å². The summed E-state index contributed by atoms with van der Waals surface area (Å²) in [5.74, 6) is 1.67. The lowest BCUT2D eigenvalue weighted by Crippen LogP contribution is -2.52. The lowest BCUT2D eigenvalue weighted by molar-refractivity contribution is 0.116. The van der Waals surface area contributed by atoms with Crippen LogP contribution in [0.2, 0.25) is 10.2 Å². The molecule has 0 saturated carbocycles. The maximum absolute atomic E-state index is 13.8. The minimum Gasteiger partial charge on any atom is -0.312 e. The second kappa shape index (κ2) is 11.9. The highest BCUT2D eigenvalue weighted by Gasteiger charge is 2.41. The molecule has 6 atom stereocenters. The fourth-order valence-corrected chi connectivity index (χ4v) is 7.14. The topological polar surface area (TPSA) is 105 Å². The Kier molecular flexibility index (Phi) is 8.26. The molecule has 3 aliphatic rings. The summed E-state index contributed by atoms with van der Waals surface area (Å²) in [6.45, 7) is 5.26. The van der Waals surface area contributed by atoms with Crippen LogP contribution < -0.4 is 21.6 Å². The van der Waals surface area contributed by atoms with Gasteiger partial charge in [-0.25, -0.2) is 14.7 Å². The molecule has 40 heavy (non-hydrogen) atoms. The predicted octanol–water partition coefficient (Wildman–Crippen LogP) is 3.51. The van der Waals surface area contributed by atoms with E-state index in [0.29, 0.717) is 45.9 Å². The van der Waals surface area contributed by atoms with Gasteiger partial charge in [-0.2, -0.15) is 0 Å². The molecular formula is C28H37Cl2N9O. The molecule has 1 aromatic carbocycles. The molecule has 12 heteroatoms. The maximum atomic E-state index is 13.8. The SMILES string of the molecule is C[C@@H]1CCC[C@H](n2cnc(-c3cc(Cl)ccc3-n3cc(Cl)nn3)cc2=O)C2CC(CCN2)C2CNN(C)C2NC1. The lowest BCUT2D eigenvalue weighted by atomic mass is 9.78. The smallest absolute Gasteiger partial charge is 0.254 e. The van der Waals surface area contributed by atoms with E-state index in [-0.39, 0.29) is 22.8 Å². The van der Waals surface area contributed by atoms with Crippen molar-refractivity contribution in [1.29, 1.82) is 0 Å². The Balaban J connectivity index is 1.32. The largest absolute Gasteiger partial charge is 0.312 e. The molecule has 3 fully saturated rings. The summed E-state index contributed by atoms with van der Waals surface area (Å²) in [5.41, 5.74) is 5.42. The second-order valence-corrected chi connectivity index (χ2v) is 12.4. The van der Waals surface area contributed by atoms with Crippen LogP contribution in [0.1, 0.15) is 45.1 Å². The number of halogens is 2. The van der Waals surface area contributed by atoms with Gasteiger partial charge in [0, 0.05) is 42.2 Å². The van der Waals surface area contributed by atoms with Crippen molar-refractivity contribution in [2.24, 2.45) is 17.8 Å². The Morgan fingerprint density at radius 2 is 1.95 bits per heavy atom. The number of fused-ring (bicyclic) bond motifs is 4. The monoisotopic (exact) mass is 585 g/mol. The van der Waals surface area contributed by atoms with Gasteiger partial charge in [-0.05, 0) is 68.8 Å². The number of nitrogens with one attached hydrogen (secondary N) is 3. The van der Waals surface area contributed by atoms with Crippen molar-refractivity contribution in [3.8, 4) is 16.9 Å². The number of nitrogens with zero attached hydrogens (tertiary/aromatic N) is 6. The van der Waals surface area contributed by atoms with Crippen LogP contribution in [0.5, 0.6) is 0 Å². The number of hydrazine groups is 1. The molecule has 0 aliphatic carbocycles. The van der Waals surface area contributed by atoms with Crippen LogP contribution >= 0.6 is 23.2 Å². The van der Waals surface area contributed by atoms with Gasteiger partial charge in [0.25, 0.3) is 5.56 Å². The highest BCUT2D eigenvalue weighted by Crippen LogP contribution is 2.35. The average molecular weight is 587 g/mol. The molecule has 10 nitrogen and oxygen atoms in total. The predicted molar refractivity (Wildman–Crippen MR) is 156 cm³/mol. The summed E-state index contributed by atoms with van der Waals surface area (Å²) in [5, 5.41) is 18.7. The number of aromatic nitrogens is 5. The van der Waals surface area contributed by atoms with E-state index in [1.165, 1.54) is 0 Å². The molecule has 3 saturated heterocycles. The first-order valence-corrected chi connectivity index (χ1v) is 15.0. The fraction of sp³-hybridized carbons (Fsp3) is 0.571. The van der Waals surface area contributed by atoms with Crippen LogP contribution in [0.15, 0.2) is 41.6 Å². The normalized spacial score (nSPS) is 29.9. The standard InChI is InChI=1S/C28H37Cl2N9O/c1-17-4-3-5-25(23-10-18(8-9-31-23)21-14-34-37(2)28(21)32-13-17)38-16-33-22(12-27(38)40)20-11-19(29)6-7-24(20)39-15-26(30)35-36-39/h6-7,11-12,15-18,21,23,25,28,31-32,34H,3-5,8-10,13-14H2,1-2H3/t17-,18?,21?,23?,25+,28?/m1/s1. The van der Waals surface area contributed by atoms with Gasteiger partial charge >= 0.3 is 0 Å². The van der Waals surface area contributed by atoms with Crippen LogP contribution in [0, 0.1) is 17.8 Å². The van der Waals surface area contributed by atoms with Gasteiger partial charge in [0.15, 0.2) is 5.15 Å². The van der Waals surface area contributed by atoms with Crippen molar-refractivity contribution in [2.75, 3.05) is 26.7 Å². The number of piperidine rings is 1. The summed E-state index contributed by atoms with van der Waals surface area (Å²) >= 11 is 12.4. The van der Waals surface area contributed by atoms with Gasteiger partial charge < -0.3 is 10.6 Å². The molecule has 3 aliphatic heterocycles. The number of benzene rings is 1. The third-order valence-electron chi connectivity index (χ3n) is 8.96. The van der Waals surface area contributed by atoms with E-state index in [9.17, 15) is 4.79 Å². The quantitative estimate of drug-likeness (QED) is 0.429. The van der Waals surface area contributed by atoms with Crippen LogP contribution in [0.4, 0.5) is 0 Å². The summed E-state index contributed by atoms with van der Waals surface area (Å²) in [4.78, 5) is 18.5. The van der Waals surface area contributed by atoms with E-state index in [0.717, 1.165) is 51.7 Å². The van der Waals surface area contributed by atoms with Gasteiger partial charge in [-0.3, -0.25) is 14.8 Å². The first-order chi connectivity index (χ1) is 19.4. The number of rotatable bonds is 3. The molecule has 0 radical (unpaired) electrons. The highest BCUT2D eigenvalue weighted by atomic mass is 35.5. The lowest BCUT2D eigenvalue weighted by Gasteiger charge is -2.41. The summed E-state index contributed by atoms with van der Waals surface area (Å²) in [7, 11) is 2.14. The van der Waals surface area contributed by atoms with E-state index in [4.69, 9.17) is 28.2 Å². The third kappa shape index (κ3) is 5.70. The van der Waals surface area contributed by atoms with Crippen molar-refractivity contribution < 1.29 is 0 Å². The van der Waals surface area contributed by atoms with Crippen molar-refractivity contribution in [3.05, 3.63) is 57.3 Å². The highest BCUT2D eigenvalue weighted by molar-refractivity contribution is 6.31. The van der Waals surface area contributed by atoms with E-state index >= 15 is 0 Å². The molecule has 3 N–H and O–H groups in total. The Hall–Kier alpha value is -2.34. The molecule has 4 unspecified atom stereocenters. The second-order valence-electron chi connectivity index (χ2n) is 11.6. The zero-order valence-corrected chi connectivity index (χ0v) is 24.4. The van der Waals surface area contributed by atoms with Crippen LogP contribution in [0.3, 0.4) is 0 Å².